The number of nitrogens with zero attached hydrogens (tertiary/aromatic N) is 1. The average Bonchev–Trinajstić information content (AvgIpc) is 2.39. The zero-order chi connectivity index (χ0) is 13.8. The summed E-state index contributed by atoms with van der Waals surface area (Å²) in [5.41, 5.74) is -0.0569. The number of hydrogen-bond donors (Lipinski definition) is 1. The number of amides is 1. The van der Waals surface area contributed by atoms with Crippen LogP contribution in [0.4, 0.5) is 8.78 Å². The summed E-state index contributed by atoms with van der Waals surface area (Å²) >= 11 is 0. The molecule has 1 aromatic rings. The van der Waals surface area contributed by atoms with E-state index in [2.05, 4.69) is 5.32 Å². The van der Waals surface area contributed by atoms with Gasteiger partial charge in [-0.15, -0.1) is 0 Å². The van der Waals surface area contributed by atoms with E-state index < -0.39 is 11.6 Å². The minimum absolute atomic E-state index is 0.0569. The molecule has 1 amide bonds. The summed E-state index contributed by atoms with van der Waals surface area (Å²) in [5.74, 6) is -1.83. The molecule has 0 aliphatic carbocycles. The van der Waals surface area contributed by atoms with Crippen LogP contribution in [0, 0.1) is 11.6 Å². The summed E-state index contributed by atoms with van der Waals surface area (Å²) < 4.78 is 26.4. The van der Waals surface area contributed by atoms with Crippen molar-refractivity contribution in [2.45, 2.75) is 25.8 Å². The topological polar surface area (TPSA) is 32.3 Å². The van der Waals surface area contributed by atoms with Crippen LogP contribution in [0.15, 0.2) is 18.2 Å². The van der Waals surface area contributed by atoms with Gasteiger partial charge in [0.05, 0.1) is 5.56 Å². The van der Waals surface area contributed by atoms with Crippen LogP contribution in [0.5, 0.6) is 0 Å². The summed E-state index contributed by atoms with van der Waals surface area (Å²) in [5, 5.41) is 3.30. The van der Waals surface area contributed by atoms with Gasteiger partial charge in [0.2, 0.25) is 0 Å². The highest BCUT2D eigenvalue weighted by molar-refractivity contribution is 5.94. The van der Waals surface area contributed by atoms with E-state index in [9.17, 15) is 13.6 Å². The van der Waals surface area contributed by atoms with E-state index in [1.807, 2.05) is 6.92 Å². The molecule has 0 saturated carbocycles. The number of likely N-dealkylation sites (N-methyl/N-ethyl adjacent to an activating group) is 1. The number of rotatable bonds is 3. The number of hydrogen-bond acceptors (Lipinski definition) is 2. The van der Waals surface area contributed by atoms with Gasteiger partial charge in [-0.2, -0.15) is 0 Å². The van der Waals surface area contributed by atoms with Gasteiger partial charge in [-0.25, -0.2) is 8.78 Å². The van der Waals surface area contributed by atoms with E-state index in [0.717, 1.165) is 31.5 Å². The summed E-state index contributed by atoms with van der Waals surface area (Å²) in [6.45, 7) is 4.05. The van der Waals surface area contributed by atoms with Crippen LogP contribution in [0.3, 0.4) is 0 Å². The van der Waals surface area contributed by atoms with Crippen molar-refractivity contribution in [3.8, 4) is 0 Å². The maximum Gasteiger partial charge on any atom is 0.256 e. The third-order valence-corrected chi connectivity index (χ3v) is 3.36. The summed E-state index contributed by atoms with van der Waals surface area (Å²) in [7, 11) is 0. The van der Waals surface area contributed by atoms with Gasteiger partial charge < -0.3 is 10.2 Å². The van der Waals surface area contributed by atoms with Gasteiger partial charge in [-0.3, -0.25) is 4.79 Å². The molecular weight excluding hydrogens is 250 g/mol. The van der Waals surface area contributed by atoms with Gasteiger partial charge in [-0.05, 0) is 31.5 Å². The minimum Gasteiger partial charge on any atom is -0.337 e. The fourth-order valence-corrected chi connectivity index (χ4v) is 2.45. The van der Waals surface area contributed by atoms with E-state index in [1.54, 1.807) is 4.90 Å². The molecule has 0 bridgehead atoms. The van der Waals surface area contributed by atoms with Gasteiger partial charge in [-0.1, -0.05) is 6.92 Å². The maximum atomic E-state index is 13.6. The lowest BCUT2D eigenvalue weighted by molar-refractivity contribution is 0.0691. The zero-order valence-electron chi connectivity index (χ0n) is 11.0. The second kappa shape index (κ2) is 6.10. The third kappa shape index (κ3) is 3.29. The van der Waals surface area contributed by atoms with E-state index in [-0.39, 0.29) is 17.5 Å². The van der Waals surface area contributed by atoms with Gasteiger partial charge in [0.1, 0.15) is 11.6 Å². The normalized spacial score (nSPS) is 19.5. The van der Waals surface area contributed by atoms with E-state index >= 15 is 0 Å². The SMILES string of the molecule is CCNC1CCCN(C(=O)c2ccc(F)cc2F)C1. The molecule has 0 spiro atoms. The number of likely N-dealkylation sites (tertiary alicyclic amines) is 1. The highest BCUT2D eigenvalue weighted by atomic mass is 19.1. The summed E-state index contributed by atoms with van der Waals surface area (Å²) in [6.07, 6.45) is 1.91. The Labute approximate surface area is 111 Å². The predicted molar refractivity (Wildman–Crippen MR) is 69.0 cm³/mol. The number of carbonyl (C=O) groups is 1. The van der Waals surface area contributed by atoms with Gasteiger partial charge >= 0.3 is 0 Å². The molecule has 3 nitrogen and oxygen atoms in total. The molecule has 104 valence electrons. The Morgan fingerprint density at radius 2 is 2.26 bits per heavy atom. The first-order chi connectivity index (χ1) is 9.11. The third-order valence-electron chi connectivity index (χ3n) is 3.36. The second-order valence-electron chi connectivity index (χ2n) is 4.77. The molecule has 1 heterocycles. The Kier molecular flexibility index (Phi) is 4.47. The lowest BCUT2D eigenvalue weighted by atomic mass is 10.0. The Morgan fingerprint density at radius 1 is 1.47 bits per heavy atom. The van der Waals surface area contributed by atoms with E-state index in [1.165, 1.54) is 6.07 Å². The van der Waals surface area contributed by atoms with Crippen LogP contribution in [0.1, 0.15) is 30.1 Å². The smallest absolute Gasteiger partial charge is 0.256 e. The van der Waals surface area contributed by atoms with Crippen molar-refractivity contribution in [3.05, 3.63) is 35.4 Å². The molecule has 1 aliphatic rings. The molecule has 19 heavy (non-hydrogen) atoms. The van der Waals surface area contributed by atoms with Gasteiger partial charge in [0.25, 0.3) is 5.91 Å². The predicted octanol–water partition coefficient (Wildman–Crippen LogP) is 2.18. The van der Waals surface area contributed by atoms with Crippen LogP contribution in [-0.4, -0.2) is 36.5 Å². The van der Waals surface area contributed by atoms with Crippen molar-refractivity contribution < 1.29 is 13.6 Å². The summed E-state index contributed by atoms with van der Waals surface area (Å²) in [4.78, 5) is 13.8. The van der Waals surface area contributed by atoms with Crippen molar-refractivity contribution in [2.75, 3.05) is 19.6 Å². The van der Waals surface area contributed by atoms with Crippen molar-refractivity contribution in [2.24, 2.45) is 0 Å². The van der Waals surface area contributed by atoms with Gasteiger partial charge in [0.15, 0.2) is 0 Å². The Hall–Kier alpha value is -1.49. The van der Waals surface area contributed by atoms with Crippen molar-refractivity contribution >= 4 is 5.91 Å². The second-order valence-corrected chi connectivity index (χ2v) is 4.77. The number of piperidine rings is 1. The quantitative estimate of drug-likeness (QED) is 0.911. The largest absolute Gasteiger partial charge is 0.337 e. The highest BCUT2D eigenvalue weighted by Gasteiger charge is 2.25. The molecule has 1 aliphatic heterocycles. The minimum atomic E-state index is -0.796. The van der Waals surface area contributed by atoms with E-state index in [4.69, 9.17) is 0 Å². The molecule has 1 fully saturated rings. The number of halogens is 2. The fraction of sp³-hybridized carbons (Fsp3) is 0.500. The number of benzene rings is 1. The maximum absolute atomic E-state index is 13.6. The molecule has 1 unspecified atom stereocenters. The Bertz CT molecular complexity index is 463. The lowest BCUT2D eigenvalue weighted by Crippen LogP contribution is -2.48. The first kappa shape index (κ1) is 13.9. The Balaban J connectivity index is 2.10. The molecule has 1 saturated heterocycles. The lowest BCUT2D eigenvalue weighted by Gasteiger charge is -2.33. The molecule has 1 atom stereocenters. The number of nitrogens with one attached hydrogen (secondary N) is 1. The molecule has 1 aromatic carbocycles. The molecule has 1 N–H and O–H groups in total. The molecular formula is C14H18F2N2O. The van der Waals surface area contributed by atoms with Gasteiger partial charge in [0, 0.05) is 25.2 Å². The standard InChI is InChI=1S/C14H18F2N2O/c1-2-17-11-4-3-7-18(9-11)14(19)12-6-5-10(15)8-13(12)16/h5-6,8,11,17H,2-4,7,9H2,1H3. The van der Waals surface area contributed by atoms with E-state index in [0.29, 0.717) is 13.1 Å². The van der Waals surface area contributed by atoms with Crippen molar-refractivity contribution in [1.82, 2.24) is 10.2 Å². The molecule has 5 heteroatoms. The average molecular weight is 268 g/mol. The molecule has 2 rings (SSSR count). The molecule has 0 aromatic heterocycles. The van der Waals surface area contributed by atoms with Crippen LogP contribution >= 0.6 is 0 Å². The van der Waals surface area contributed by atoms with Crippen molar-refractivity contribution in [3.63, 3.8) is 0 Å². The first-order valence-corrected chi connectivity index (χ1v) is 6.59. The Morgan fingerprint density at radius 3 is 2.95 bits per heavy atom. The van der Waals surface area contributed by atoms with Crippen LogP contribution in [0.25, 0.3) is 0 Å². The highest BCUT2D eigenvalue weighted by Crippen LogP contribution is 2.16. The first-order valence-electron chi connectivity index (χ1n) is 6.59. The van der Waals surface area contributed by atoms with Crippen LogP contribution in [-0.2, 0) is 0 Å². The number of carbonyl (C=O) groups excluding carboxylic acids is 1. The van der Waals surface area contributed by atoms with Crippen LogP contribution in [0.2, 0.25) is 0 Å². The molecule has 0 radical (unpaired) electrons. The monoisotopic (exact) mass is 268 g/mol. The van der Waals surface area contributed by atoms with Crippen molar-refractivity contribution in [1.29, 1.82) is 0 Å². The van der Waals surface area contributed by atoms with Crippen LogP contribution < -0.4 is 5.32 Å². The summed E-state index contributed by atoms with van der Waals surface area (Å²) in [6, 6.07) is 3.33. The fourth-order valence-electron chi connectivity index (χ4n) is 2.45. The zero-order valence-corrected chi connectivity index (χ0v) is 11.0.